The topological polar surface area (TPSA) is 110 Å². The number of ether oxygens (including phenoxy) is 1. The number of rotatable bonds is 5. The van der Waals surface area contributed by atoms with E-state index in [4.69, 9.17) is 21.5 Å². The maximum atomic E-state index is 12.9. The predicted octanol–water partition coefficient (Wildman–Crippen LogP) is 2.26. The molecular formula is C21H22ClN3O5S. The summed E-state index contributed by atoms with van der Waals surface area (Å²) in [5, 5.41) is 5.00. The van der Waals surface area contributed by atoms with Gasteiger partial charge < -0.3 is 4.74 Å². The van der Waals surface area contributed by atoms with E-state index in [1.165, 1.54) is 11.0 Å². The molecule has 8 nitrogen and oxygen atoms in total. The molecule has 2 aliphatic heterocycles. The molecule has 2 amide bonds. The number of carbonyl (C=O) groups excluding carboxylic acids is 2. The van der Waals surface area contributed by atoms with Crippen LogP contribution in [0.25, 0.3) is 0 Å². The molecule has 1 fully saturated rings. The third-order valence-corrected chi connectivity index (χ3v) is 7.14. The van der Waals surface area contributed by atoms with Crippen molar-refractivity contribution >= 4 is 33.4 Å². The zero-order chi connectivity index (χ0) is 22.3. The molecule has 0 aromatic heterocycles. The number of nitrogens with two attached hydrogens (primary N) is 1. The highest BCUT2D eigenvalue weighted by Gasteiger charge is 2.42. The molecule has 0 bridgehead atoms. The van der Waals surface area contributed by atoms with E-state index in [0.29, 0.717) is 12.8 Å². The highest BCUT2D eigenvalue weighted by Crippen LogP contribution is 2.33. The van der Waals surface area contributed by atoms with Crippen molar-refractivity contribution < 1.29 is 22.7 Å². The van der Waals surface area contributed by atoms with E-state index >= 15 is 0 Å². The van der Waals surface area contributed by atoms with E-state index in [2.05, 4.69) is 4.90 Å². The molecule has 0 saturated carbocycles. The van der Waals surface area contributed by atoms with Gasteiger partial charge >= 0.3 is 0 Å². The van der Waals surface area contributed by atoms with Gasteiger partial charge in [0.1, 0.15) is 10.6 Å². The third kappa shape index (κ3) is 4.18. The van der Waals surface area contributed by atoms with Crippen LogP contribution in [0.5, 0.6) is 5.75 Å². The van der Waals surface area contributed by atoms with Crippen LogP contribution in [-0.4, -0.2) is 56.3 Å². The monoisotopic (exact) mass is 463 g/mol. The highest BCUT2D eigenvalue weighted by molar-refractivity contribution is 7.89. The first kappa shape index (κ1) is 21.8. The molecule has 0 spiro atoms. The maximum Gasteiger partial charge on any atom is 0.261 e. The standard InChI is InChI=1S/C21H22ClN3O5S/c1-30-15-4-2-13(3-5-15)12-24-8-6-14(7-9-24)25-20(26)16-10-18(22)19(31(23,28)29)11-17(16)21(25)27/h2-5,10-11,14H,6-9,12H2,1H3,(H2,23,28,29). The fourth-order valence-electron chi connectivity index (χ4n) is 4.13. The SMILES string of the molecule is COc1ccc(CN2CCC(N3C(=O)c4cc(Cl)c(S(N)(=O)=O)cc4C3=O)CC2)cc1. The molecule has 0 aliphatic carbocycles. The fraction of sp³-hybridized carbons (Fsp3) is 0.333. The third-order valence-electron chi connectivity index (χ3n) is 5.76. The van der Waals surface area contributed by atoms with Crippen LogP contribution in [0.15, 0.2) is 41.3 Å². The number of primary sulfonamides is 1. The van der Waals surface area contributed by atoms with Crippen LogP contribution in [0.2, 0.25) is 5.02 Å². The predicted molar refractivity (Wildman–Crippen MR) is 115 cm³/mol. The summed E-state index contributed by atoms with van der Waals surface area (Å²) in [7, 11) is -2.48. The highest BCUT2D eigenvalue weighted by atomic mass is 35.5. The molecule has 2 aromatic rings. The van der Waals surface area contributed by atoms with Gasteiger partial charge in [0.15, 0.2) is 0 Å². The van der Waals surface area contributed by atoms with E-state index in [9.17, 15) is 18.0 Å². The number of carbonyl (C=O) groups is 2. The molecule has 4 rings (SSSR count). The van der Waals surface area contributed by atoms with Gasteiger partial charge in [-0.15, -0.1) is 0 Å². The number of nitrogens with zero attached hydrogens (tertiary/aromatic N) is 2. The average molecular weight is 464 g/mol. The Kier molecular flexibility index (Phi) is 5.78. The molecule has 2 heterocycles. The number of imide groups is 1. The molecule has 1 saturated heterocycles. The summed E-state index contributed by atoms with van der Waals surface area (Å²) in [6.07, 6.45) is 1.27. The van der Waals surface area contributed by atoms with Gasteiger partial charge in [-0.05, 0) is 42.7 Å². The summed E-state index contributed by atoms with van der Waals surface area (Å²) >= 11 is 6.00. The molecule has 10 heteroatoms. The second-order valence-electron chi connectivity index (χ2n) is 7.71. The summed E-state index contributed by atoms with van der Waals surface area (Å²) in [5.41, 5.74) is 1.30. The summed E-state index contributed by atoms with van der Waals surface area (Å²) in [6.45, 7) is 2.23. The zero-order valence-electron chi connectivity index (χ0n) is 16.9. The van der Waals surface area contributed by atoms with E-state index in [1.807, 2.05) is 24.3 Å². The van der Waals surface area contributed by atoms with E-state index in [0.717, 1.165) is 37.0 Å². The molecule has 0 atom stereocenters. The minimum atomic E-state index is -4.11. The van der Waals surface area contributed by atoms with Crippen molar-refractivity contribution in [2.24, 2.45) is 5.14 Å². The number of hydrogen-bond donors (Lipinski definition) is 1. The second kappa shape index (κ2) is 8.23. The molecule has 2 N–H and O–H groups in total. The Morgan fingerprint density at radius 2 is 1.65 bits per heavy atom. The molecule has 0 unspecified atom stereocenters. The Labute approximate surface area is 185 Å². The summed E-state index contributed by atoms with van der Waals surface area (Å²) < 4.78 is 28.6. The van der Waals surface area contributed by atoms with Crippen molar-refractivity contribution in [2.45, 2.75) is 30.3 Å². The Morgan fingerprint density at radius 1 is 1.06 bits per heavy atom. The van der Waals surface area contributed by atoms with E-state index < -0.39 is 21.8 Å². The number of amides is 2. The number of benzene rings is 2. The van der Waals surface area contributed by atoms with Crippen LogP contribution < -0.4 is 9.88 Å². The molecular weight excluding hydrogens is 442 g/mol. The van der Waals surface area contributed by atoms with Crippen molar-refractivity contribution in [3.63, 3.8) is 0 Å². The smallest absolute Gasteiger partial charge is 0.261 e. The Bertz CT molecular complexity index is 1140. The summed E-state index contributed by atoms with van der Waals surface area (Å²) in [5.74, 6) is -0.148. The number of likely N-dealkylation sites (tertiary alicyclic amines) is 1. The van der Waals surface area contributed by atoms with Crippen LogP contribution in [0.1, 0.15) is 39.1 Å². The first-order chi connectivity index (χ1) is 14.7. The molecule has 164 valence electrons. The number of methoxy groups -OCH3 is 1. The summed E-state index contributed by atoms with van der Waals surface area (Å²) in [4.78, 5) is 29.0. The number of fused-ring (bicyclic) bond motifs is 1. The van der Waals surface area contributed by atoms with Crippen LogP contribution in [0.4, 0.5) is 0 Å². The van der Waals surface area contributed by atoms with Crippen LogP contribution in [0.3, 0.4) is 0 Å². The quantitative estimate of drug-likeness (QED) is 0.681. The lowest BCUT2D eigenvalue weighted by atomic mass is 10.0. The van der Waals surface area contributed by atoms with Crippen molar-refractivity contribution in [2.75, 3.05) is 20.2 Å². The van der Waals surface area contributed by atoms with E-state index in [1.54, 1.807) is 7.11 Å². The van der Waals surface area contributed by atoms with Crippen LogP contribution >= 0.6 is 11.6 Å². The molecule has 2 aromatic carbocycles. The number of halogens is 1. The van der Waals surface area contributed by atoms with Crippen molar-refractivity contribution in [3.05, 3.63) is 58.1 Å². The second-order valence-corrected chi connectivity index (χ2v) is 9.65. The fourth-order valence-corrected chi connectivity index (χ4v) is 5.23. The van der Waals surface area contributed by atoms with Crippen molar-refractivity contribution in [3.8, 4) is 5.75 Å². The van der Waals surface area contributed by atoms with Gasteiger partial charge in [-0.25, -0.2) is 13.6 Å². The van der Waals surface area contributed by atoms with Gasteiger partial charge in [0.05, 0.1) is 23.3 Å². The van der Waals surface area contributed by atoms with Gasteiger partial charge in [-0.1, -0.05) is 23.7 Å². The van der Waals surface area contributed by atoms with Gasteiger partial charge in [0.2, 0.25) is 10.0 Å². The largest absolute Gasteiger partial charge is 0.497 e. The Morgan fingerprint density at radius 3 is 2.19 bits per heavy atom. The van der Waals surface area contributed by atoms with Gasteiger partial charge in [0, 0.05) is 25.7 Å². The Balaban J connectivity index is 1.46. The lowest BCUT2D eigenvalue weighted by molar-refractivity contribution is 0.0498. The first-order valence-electron chi connectivity index (χ1n) is 9.78. The molecule has 2 aliphatic rings. The minimum absolute atomic E-state index is 0.0269. The van der Waals surface area contributed by atoms with Crippen LogP contribution in [0, 0.1) is 0 Å². The van der Waals surface area contributed by atoms with E-state index in [-0.39, 0.29) is 27.1 Å². The first-order valence-corrected chi connectivity index (χ1v) is 11.7. The zero-order valence-corrected chi connectivity index (χ0v) is 18.4. The number of piperidine rings is 1. The number of hydrogen-bond acceptors (Lipinski definition) is 6. The van der Waals surface area contributed by atoms with Crippen molar-refractivity contribution in [1.29, 1.82) is 0 Å². The lowest BCUT2D eigenvalue weighted by Gasteiger charge is -2.35. The average Bonchev–Trinajstić information content (AvgIpc) is 2.97. The van der Waals surface area contributed by atoms with Gasteiger partial charge in [0.25, 0.3) is 11.8 Å². The Hall–Kier alpha value is -2.46. The molecule has 31 heavy (non-hydrogen) atoms. The van der Waals surface area contributed by atoms with Gasteiger partial charge in [-0.3, -0.25) is 19.4 Å². The van der Waals surface area contributed by atoms with Crippen molar-refractivity contribution in [1.82, 2.24) is 9.80 Å². The number of sulfonamides is 1. The molecule has 0 radical (unpaired) electrons. The maximum absolute atomic E-state index is 12.9. The summed E-state index contributed by atoms with van der Waals surface area (Å²) in [6, 6.07) is 9.94. The minimum Gasteiger partial charge on any atom is -0.497 e. The lowest BCUT2D eigenvalue weighted by Crippen LogP contribution is -2.47. The normalized spacial score (nSPS) is 17.8. The van der Waals surface area contributed by atoms with Gasteiger partial charge in [-0.2, -0.15) is 0 Å². The van der Waals surface area contributed by atoms with Crippen LogP contribution in [-0.2, 0) is 16.6 Å².